The Morgan fingerprint density at radius 2 is 1.59 bits per heavy atom. The first-order valence-electron chi connectivity index (χ1n) is 13.5. The van der Waals surface area contributed by atoms with E-state index in [0.29, 0.717) is 39.5 Å². The number of aliphatic hydroxyl groups is 3. The summed E-state index contributed by atoms with van der Waals surface area (Å²) in [4.78, 5) is 15.7. The fourth-order valence-electron chi connectivity index (χ4n) is 4.30. The lowest BCUT2D eigenvalue weighted by molar-refractivity contribution is -0.0258. The summed E-state index contributed by atoms with van der Waals surface area (Å²) in [6.45, 7) is 0.653. The van der Waals surface area contributed by atoms with Crippen molar-refractivity contribution in [3.05, 3.63) is 105 Å². The Morgan fingerprint density at radius 3 is 2.30 bits per heavy atom. The lowest BCUT2D eigenvalue weighted by Crippen LogP contribution is -2.39. The van der Waals surface area contributed by atoms with E-state index < -0.39 is 25.2 Å². The van der Waals surface area contributed by atoms with Crippen molar-refractivity contribution in [3.63, 3.8) is 0 Å². The van der Waals surface area contributed by atoms with Gasteiger partial charge in [0.05, 0.1) is 46.4 Å². The molecule has 0 radical (unpaired) electrons. The highest BCUT2D eigenvalue weighted by atomic mass is 35.5. The third kappa shape index (κ3) is 7.48. The maximum Gasteiger partial charge on any atom is 0.153 e. The minimum Gasteiger partial charge on any atom is -0.491 e. The van der Waals surface area contributed by atoms with Crippen LogP contribution < -0.4 is 14.2 Å². The molecular formula is C33H30Cl2N2O7. The minimum absolute atomic E-state index is 0.0795. The first-order chi connectivity index (χ1) is 21.3. The summed E-state index contributed by atoms with van der Waals surface area (Å²) in [7, 11) is 0. The third-order valence-corrected chi connectivity index (χ3v) is 7.82. The van der Waals surface area contributed by atoms with Gasteiger partial charge < -0.3 is 29.5 Å². The molecule has 0 atom stereocenters. The molecule has 0 aliphatic rings. The Balaban J connectivity index is 1.53. The fraction of sp³-hybridized carbons (Fsp3) is 0.242. The van der Waals surface area contributed by atoms with Crippen molar-refractivity contribution in [2.24, 2.45) is 5.41 Å². The molecule has 1 heterocycles. The number of carbonyl (C=O) groups excluding carboxylic acids is 1. The number of pyridine rings is 1. The summed E-state index contributed by atoms with van der Waals surface area (Å²) in [5.74, 6) is 0.924. The topological polar surface area (TPSA) is 142 Å². The second-order valence-corrected chi connectivity index (χ2v) is 11.0. The number of halogens is 2. The number of nitriles is 1. The Labute approximate surface area is 264 Å². The van der Waals surface area contributed by atoms with Gasteiger partial charge in [-0.05, 0) is 41.8 Å². The first kappa shape index (κ1) is 32.7. The molecule has 0 unspecified atom stereocenters. The highest BCUT2D eigenvalue weighted by Gasteiger charge is 2.30. The standard InChI is InChI=1S/C33H30Cl2N2O7/c1-21-24(4-2-5-26(21)27-6-3-7-29(32(27)35)44-20-33(17-39,18-40)19-41)16-43-31-10-30(25(14-38)9-28(31)34)42-15-23-8-22(11-36)12-37-13-23/h2-10,12-14,39-41H,15-20H2,1H3. The van der Waals surface area contributed by atoms with Gasteiger partial charge in [0.15, 0.2) is 6.29 Å². The van der Waals surface area contributed by atoms with E-state index in [-0.39, 0.29) is 36.2 Å². The molecule has 0 bridgehead atoms. The zero-order valence-electron chi connectivity index (χ0n) is 23.8. The smallest absolute Gasteiger partial charge is 0.153 e. The highest BCUT2D eigenvalue weighted by molar-refractivity contribution is 6.35. The Kier molecular flexibility index (Phi) is 11.2. The minimum atomic E-state index is -1.21. The molecule has 1 aromatic heterocycles. The second-order valence-electron chi connectivity index (χ2n) is 10.2. The molecule has 4 aromatic rings. The lowest BCUT2D eigenvalue weighted by atomic mass is 9.92. The third-order valence-electron chi connectivity index (χ3n) is 7.13. The molecule has 0 saturated carbocycles. The number of hydrogen-bond donors (Lipinski definition) is 3. The van der Waals surface area contributed by atoms with Gasteiger partial charge in [0.1, 0.15) is 43.1 Å². The van der Waals surface area contributed by atoms with Crippen molar-refractivity contribution in [1.82, 2.24) is 4.98 Å². The van der Waals surface area contributed by atoms with Gasteiger partial charge in [0.2, 0.25) is 0 Å². The van der Waals surface area contributed by atoms with Crippen molar-refractivity contribution < 1.29 is 34.3 Å². The molecule has 0 aliphatic heterocycles. The maximum absolute atomic E-state index is 11.7. The van der Waals surface area contributed by atoms with Crippen molar-refractivity contribution in [2.75, 3.05) is 26.4 Å². The van der Waals surface area contributed by atoms with Crippen LogP contribution in [0.4, 0.5) is 0 Å². The van der Waals surface area contributed by atoms with Crippen LogP contribution in [0.1, 0.15) is 32.6 Å². The summed E-state index contributed by atoms with van der Waals surface area (Å²) in [5, 5.41) is 38.5. The summed E-state index contributed by atoms with van der Waals surface area (Å²) in [5.41, 5.74) is 3.37. The SMILES string of the molecule is Cc1c(COc2cc(OCc3cncc(C#N)c3)c(C=O)cc2Cl)cccc1-c1cccc(OCC(CO)(CO)CO)c1Cl. The van der Waals surface area contributed by atoms with Gasteiger partial charge in [-0.25, -0.2) is 0 Å². The van der Waals surface area contributed by atoms with Crippen LogP contribution in [-0.2, 0) is 13.2 Å². The van der Waals surface area contributed by atoms with E-state index >= 15 is 0 Å². The van der Waals surface area contributed by atoms with Crippen LogP contribution >= 0.6 is 23.2 Å². The molecule has 228 valence electrons. The number of benzene rings is 3. The molecule has 0 amide bonds. The van der Waals surface area contributed by atoms with Crippen LogP contribution in [-0.4, -0.2) is 53.0 Å². The largest absolute Gasteiger partial charge is 0.491 e. The number of rotatable bonds is 14. The number of hydrogen-bond acceptors (Lipinski definition) is 9. The molecule has 3 aromatic carbocycles. The number of aliphatic hydroxyl groups excluding tert-OH is 3. The molecule has 3 N–H and O–H groups in total. The maximum atomic E-state index is 11.7. The zero-order valence-corrected chi connectivity index (χ0v) is 25.3. The molecular weight excluding hydrogens is 607 g/mol. The van der Waals surface area contributed by atoms with Crippen LogP contribution in [0.3, 0.4) is 0 Å². The molecule has 0 fully saturated rings. The average Bonchev–Trinajstić information content (AvgIpc) is 3.05. The van der Waals surface area contributed by atoms with E-state index in [9.17, 15) is 20.1 Å². The number of aromatic nitrogens is 1. The second kappa shape index (κ2) is 15.0. The first-order valence-corrected chi connectivity index (χ1v) is 14.2. The van der Waals surface area contributed by atoms with Crippen LogP contribution in [0.2, 0.25) is 10.0 Å². The quantitative estimate of drug-likeness (QED) is 0.152. The molecule has 44 heavy (non-hydrogen) atoms. The summed E-state index contributed by atoms with van der Waals surface area (Å²) in [6, 6.07) is 17.7. The Bertz CT molecular complexity index is 1660. The van der Waals surface area contributed by atoms with Gasteiger partial charge in [0, 0.05) is 29.6 Å². The van der Waals surface area contributed by atoms with Crippen molar-refractivity contribution >= 4 is 29.5 Å². The van der Waals surface area contributed by atoms with Crippen LogP contribution in [0.25, 0.3) is 11.1 Å². The van der Waals surface area contributed by atoms with Gasteiger partial charge >= 0.3 is 0 Å². The van der Waals surface area contributed by atoms with Crippen molar-refractivity contribution in [2.45, 2.75) is 20.1 Å². The van der Waals surface area contributed by atoms with E-state index in [4.69, 9.17) is 42.7 Å². The number of nitrogens with zero attached hydrogens (tertiary/aromatic N) is 2. The van der Waals surface area contributed by atoms with Gasteiger partial charge in [-0.2, -0.15) is 5.26 Å². The van der Waals surface area contributed by atoms with E-state index in [0.717, 1.165) is 16.7 Å². The van der Waals surface area contributed by atoms with Crippen LogP contribution in [0.15, 0.2) is 67.0 Å². The van der Waals surface area contributed by atoms with E-state index in [1.54, 1.807) is 30.5 Å². The van der Waals surface area contributed by atoms with Gasteiger partial charge in [0.25, 0.3) is 0 Å². The molecule has 11 heteroatoms. The molecule has 0 aliphatic carbocycles. The molecule has 9 nitrogen and oxygen atoms in total. The molecule has 4 rings (SSSR count). The fourth-order valence-corrected chi connectivity index (χ4v) is 4.81. The van der Waals surface area contributed by atoms with Crippen LogP contribution in [0.5, 0.6) is 17.2 Å². The summed E-state index contributed by atoms with van der Waals surface area (Å²) >= 11 is 13.2. The van der Waals surface area contributed by atoms with Gasteiger partial charge in [-0.1, -0.05) is 53.5 Å². The Morgan fingerprint density at radius 1 is 0.886 bits per heavy atom. The highest BCUT2D eigenvalue weighted by Crippen LogP contribution is 2.39. The van der Waals surface area contributed by atoms with E-state index in [2.05, 4.69) is 4.98 Å². The van der Waals surface area contributed by atoms with E-state index in [1.165, 1.54) is 12.3 Å². The monoisotopic (exact) mass is 636 g/mol. The number of aldehydes is 1. The summed E-state index contributed by atoms with van der Waals surface area (Å²) < 4.78 is 17.7. The van der Waals surface area contributed by atoms with Crippen molar-refractivity contribution in [3.8, 4) is 34.4 Å². The molecule has 0 spiro atoms. The number of carbonyl (C=O) groups is 1. The predicted molar refractivity (Wildman–Crippen MR) is 165 cm³/mol. The Hall–Kier alpha value is -4.17. The molecule has 0 saturated heterocycles. The summed E-state index contributed by atoms with van der Waals surface area (Å²) in [6.07, 6.45) is 3.66. The van der Waals surface area contributed by atoms with Gasteiger partial charge in [-0.3, -0.25) is 9.78 Å². The van der Waals surface area contributed by atoms with E-state index in [1.807, 2.05) is 37.3 Å². The average molecular weight is 638 g/mol. The lowest BCUT2D eigenvalue weighted by Gasteiger charge is -2.27. The zero-order chi connectivity index (χ0) is 31.7. The normalized spacial score (nSPS) is 11.1. The van der Waals surface area contributed by atoms with Gasteiger partial charge in [-0.15, -0.1) is 0 Å². The van der Waals surface area contributed by atoms with Crippen LogP contribution in [0, 0.1) is 23.7 Å². The van der Waals surface area contributed by atoms with Crippen molar-refractivity contribution in [1.29, 1.82) is 5.26 Å². The predicted octanol–water partition coefficient (Wildman–Crippen LogP) is 5.55. The number of ether oxygens (including phenoxy) is 3.